The second-order valence-electron chi connectivity index (χ2n) is 5.83. The van der Waals surface area contributed by atoms with Crippen LogP contribution in [-0.2, 0) is 6.54 Å². The summed E-state index contributed by atoms with van der Waals surface area (Å²) in [5.74, 6) is 0.844. The summed E-state index contributed by atoms with van der Waals surface area (Å²) < 4.78 is 0. The molecule has 1 fully saturated rings. The first kappa shape index (κ1) is 14.5. The number of likely N-dealkylation sites (tertiary alicyclic amines) is 1. The lowest BCUT2D eigenvalue weighted by molar-refractivity contribution is 0.162. The van der Waals surface area contributed by atoms with Crippen molar-refractivity contribution in [3.8, 4) is 0 Å². The van der Waals surface area contributed by atoms with E-state index >= 15 is 0 Å². The number of benzene rings is 1. The summed E-state index contributed by atoms with van der Waals surface area (Å²) in [6, 6.07) is 11.3. The molecule has 0 amide bonds. The van der Waals surface area contributed by atoms with Gasteiger partial charge < -0.3 is 10.2 Å². The zero-order valence-corrected chi connectivity index (χ0v) is 12.4. The van der Waals surface area contributed by atoms with E-state index in [4.69, 9.17) is 0 Å². The van der Waals surface area contributed by atoms with E-state index in [9.17, 15) is 0 Å². The summed E-state index contributed by atoms with van der Waals surface area (Å²) >= 11 is 0. The summed E-state index contributed by atoms with van der Waals surface area (Å²) in [6.07, 6.45) is 3.98. The Morgan fingerprint density at radius 2 is 1.89 bits per heavy atom. The highest BCUT2D eigenvalue weighted by Gasteiger charge is 2.22. The summed E-state index contributed by atoms with van der Waals surface area (Å²) in [6.45, 7) is 9.47. The molecule has 2 nitrogen and oxygen atoms in total. The van der Waals surface area contributed by atoms with Crippen molar-refractivity contribution >= 4 is 0 Å². The fourth-order valence-corrected chi connectivity index (χ4v) is 3.03. The van der Waals surface area contributed by atoms with Gasteiger partial charge in [-0.1, -0.05) is 37.3 Å². The molecule has 1 aromatic rings. The van der Waals surface area contributed by atoms with Crippen molar-refractivity contribution in [1.29, 1.82) is 0 Å². The number of piperidine rings is 1. The van der Waals surface area contributed by atoms with Crippen LogP contribution in [0.2, 0.25) is 0 Å². The maximum Gasteiger partial charge on any atom is 0.0208 e. The van der Waals surface area contributed by atoms with E-state index in [1.807, 2.05) is 0 Å². The monoisotopic (exact) mass is 260 g/mol. The maximum absolute atomic E-state index is 3.70. The van der Waals surface area contributed by atoms with Gasteiger partial charge in [-0.3, -0.25) is 0 Å². The van der Waals surface area contributed by atoms with Crippen LogP contribution < -0.4 is 5.32 Å². The Labute approximate surface area is 118 Å². The zero-order valence-electron chi connectivity index (χ0n) is 12.4. The molecule has 0 aromatic heterocycles. The van der Waals surface area contributed by atoms with Crippen molar-refractivity contribution in [2.24, 2.45) is 5.92 Å². The van der Waals surface area contributed by atoms with Crippen LogP contribution in [0.15, 0.2) is 30.3 Å². The Morgan fingerprint density at radius 1 is 1.21 bits per heavy atom. The lowest BCUT2D eigenvalue weighted by Crippen LogP contribution is -2.41. The Morgan fingerprint density at radius 3 is 2.53 bits per heavy atom. The zero-order chi connectivity index (χ0) is 13.5. The number of hydrogen-bond donors (Lipinski definition) is 1. The highest BCUT2D eigenvalue weighted by atomic mass is 15.1. The Hall–Kier alpha value is -0.860. The van der Waals surface area contributed by atoms with Crippen LogP contribution in [0.4, 0.5) is 0 Å². The van der Waals surface area contributed by atoms with Crippen LogP contribution in [0, 0.1) is 5.92 Å². The molecular weight excluding hydrogens is 232 g/mol. The van der Waals surface area contributed by atoms with E-state index in [0.29, 0.717) is 6.04 Å². The van der Waals surface area contributed by atoms with Crippen LogP contribution in [0.5, 0.6) is 0 Å². The smallest absolute Gasteiger partial charge is 0.0208 e. The number of nitrogens with one attached hydrogen (secondary N) is 1. The van der Waals surface area contributed by atoms with Gasteiger partial charge in [0.05, 0.1) is 0 Å². The standard InChI is InChI=1S/C17H28N2/c1-3-11-19-12-9-17(10-13-19)15(2)18-14-16-7-5-4-6-8-16/h4-8,15,17-18H,3,9-14H2,1-2H3. The van der Waals surface area contributed by atoms with Crippen molar-refractivity contribution in [2.75, 3.05) is 19.6 Å². The predicted molar refractivity (Wildman–Crippen MR) is 82.2 cm³/mol. The summed E-state index contributed by atoms with van der Waals surface area (Å²) in [5.41, 5.74) is 1.39. The second-order valence-corrected chi connectivity index (χ2v) is 5.83. The molecule has 19 heavy (non-hydrogen) atoms. The van der Waals surface area contributed by atoms with Crippen molar-refractivity contribution < 1.29 is 0 Å². The van der Waals surface area contributed by atoms with E-state index in [1.165, 1.54) is 44.5 Å². The average molecular weight is 260 g/mol. The Bertz CT molecular complexity index is 342. The van der Waals surface area contributed by atoms with Gasteiger partial charge in [0.25, 0.3) is 0 Å². The molecule has 1 N–H and O–H groups in total. The third-order valence-corrected chi connectivity index (χ3v) is 4.35. The van der Waals surface area contributed by atoms with E-state index in [1.54, 1.807) is 0 Å². The van der Waals surface area contributed by atoms with Crippen LogP contribution in [0.3, 0.4) is 0 Å². The molecule has 106 valence electrons. The summed E-state index contributed by atoms with van der Waals surface area (Å²) in [5, 5.41) is 3.70. The Balaban J connectivity index is 1.71. The molecule has 1 heterocycles. The van der Waals surface area contributed by atoms with E-state index in [-0.39, 0.29) is 0 Å². The van der Waals surface area contributed by atoms with Gasteiger partial charge in [-0.25, -0.2) is 0 Å². The molecule has 1 atom stereocenters. The van der Waals surface area contributed by atoms with Gasteiger partial charge in [-0.15, -0.1) is 0 Å². The number of nitrogens with zero attached hydrogens (tertiary/aromatic N) is 1. The summed E-state index contributed by atoms with van der Waals surface area (Å²) in [7, 11) is 0. The molecule has 0 bridgehead atoms. The van der Waals surface area contributed by atoms with Crippen LogP contribution >= 0.6 is 0 Å². The van der Waals surface area contributed by atoms with Crippen LogP contribution in [0.25, 0.3) is 0 Å². The molecule has 0 saturated carbocycles. The molecule has 1 unspecified atom stereocenters. The van der Waals surface area contributed by atoms with Gasteiger partial charge in [-0.05, 0) is 57.3 Å². The van der Waals surface area contributed by atoms with E-state index in [2.05, 4.69) is 54.4 Å². The minimum Gasteiger partial charge on any atom is -0.310 e. The molecule has 2 heteroatoms. The highest BCUT2D eigenvalue weighted by molar-refractivity contribution is 5.14. The number of hydrogen-bond acceptors (Lipinski definition) is 2. The quantitative estimate of drug-likeness (QED) is 0.844. The lowest BCUT2D eigenvalue weighted by Gasteiger charge is -2.35. The molecule has 1 aliphatic heterocycles. The SMILES string of the molecule is CCCN1CCC(C(C)NCc2ccccc2)CC1. The molecule has 0 aliphatic carbocycles. The predicted octanol–water partition coefficient (Wildman–Crippen LogP) is 3.29. The van der Waals surface area contributed by atoms with Crippen molar-refractivity contribution in [1.82, 2.24) is 10.2 Å². The number of rotatable bonds is 6. The van der Waals surface area contributed by atoms with E-state index < -0.39 is 0 Å². The third-order valence-electron chi connectivity index (χ3n) is 4.35. The highest BCUT2D eigenvalue weighted by Crippen LogP contribution is 2.21. The molecule has 1 aliphatic rings. The van der Waals surface area contributed by atoms with Crippen molar-refractivity contribution in [3.63, 3.8) is 0 Å². The Kier molecular flexibility index (Phi) is 5.87. The van der Waals surface area contributed by atoms with Gasteiger partial charge in [0.15, 0.2) is 0 Å². The minimum atomic E-state index is 0.629. The first-order valence-electron chi connectivity index (χ1n) is 7.79. The first-order valence-corrected chi connectivity index (χ1v) is 7.79. The first-order chi connectivity index (χ1) is 9.29. The van der Waals surface area contributed by atoms with E-state index in [0.717, 1.165) is 12.5 Å². The molecule has 1 saturated heterocycles. The maximum atomic E-state index is 3.70. The van der Waals surface area contributed by atoms with Gasteiger partial charge >= 0.3 is 0 Å². The topological polar surface area (TPSA) is 15.3 Å². The van der Waals surface area contributed by atoms with Gasteiger partial charge in [0, 0.05) is 12.6 Å². The minimum absolute atomic E-state index is 0.629. The van der Waals surface area contributed by atoms with Crippen LogP contribution in [0.1, 0.15) is 38.7 Å². The molecule has 0 spiro atoms. The van der Waals surface area contributed by atoms with Crippen LogP contribution in [-0.4, -0.2) is 30.6 Å². The van der Waals surface area contributed by atoms with Gasteiger partial charge in [-0.2, -0.15) is 0 Å². The van der Waals surface area contributed by atoms with Crippen molar-refractivity contribution in [3.05, 3.63) is 35.9 Å². The largest absolute Gasteiger partial charge is 0.310 e. The average Bonchev–Trinajstić information content (AvgIpc) is 2.47. The van der Waals surface area contributed by atoms with Crippen molar-refractivity contribution in [2.45, 2.75) is 45.7 Å². The second kappa shape index (κ2) is 7.66. The summed E-state index contributed by atoms with van der Waals surface area (Å²) in [4.78, 5) is 2.61. The third kappa shape index (κ3) is 4.63. The lowest BCUT2D eigenvalue weighted by atomic mass is 9.90. The molecule has 2 rings (SSSR count). The fourth-order valence-electron chi connectivity index (χ4n) is 3.03. The molecule has 0 radical (unpaired) electrons. The van der Waals surface area contributed by atoms with Gasteiger partial charge in [0.2, 0.25) is 0 Å². The molecular formula is C17H28N2. The normalized spacial score (nSPS) is 19.5. The molecule has 1 aromatic carbocycles. The van der Waals surface area contributed by atoms with Gasteiger partial charge in [0.1, 0.15) is 0 Å². The fraction of sp³-hybridized carbons (Fsp3) is 0.647.